The Morgan fingerprint density at radius 1 is 1.07 bits per heavy atom. The van der Waals surface area contributed by atoms with Crippen LogP contribution in [0.1, 0.15) is 45.8 Å². The van der Waals surface area contributed by atoms with E-state index in [0.29, 0.717) is 12.1 Å². The molecule has 6 heteroatoms. The van der Waals surface area contributed by atoms with Crippen molar-refractivity contribution in [2.45, 2.75) is 33.4 Å². The summed E-state index contributed by atoms with van der Waals surface area (Å²) in [4.78, 5) is 17.1. The molecule has 1 amide bonds. The summed E-state index contributed by atoms with van der Waals surface area (Å²) in [6, 6.07) is 18.1. The summed E-state index contributed by atoms with van der Waals surface area (Å²) in [6.07, 6.45) is 5.41. The number of rotatable bonds is 6. The van der Waals surface area contributed by atoms with Crippen LogP contribution in [0.15, 0.2) is 73.3 Å². The third kappa shape index (κ3) is 4.03. The predicted molar refractivity (Wildman–Crippen MR) is 117 cm³/mol. The van der Waals surface area contributed by atoms with Crippen molar-refractivity contribution in [2.24, 2.45) is 0 Å². The summed E-state index contributed by atoms with van der Waals surface area (Å²) in [7, 11) is 0. The number of amides is 1. The van der Waals surface area contributed by atoms with Gasteiger partial charge >= 0.3 is 0 Å². The van der Waals surface area contributed by atoms with Crippen LogP contribution in [0, 0.1) is 13.8 Å². The molecule has 4 rings (SSSR count). The molecule has 0 saturated heterocycles. The lowest BCUT2D eigenvalue weighted by Gasteiger charge is -2.15. The molecule has 1 atom stereocenters. The molecule has 30 heavy (non-hydrogen) atoms. The average molecular weight is 399 g/mol. The van der Waals surface area contributed by atoms with Gasteiger partial charge in [-0.05, 0) is 44.0 Å². The third-order valence-corrected chi connectivity index (χ3v) is 5.33. The number of aromatic nitrogens is 4. The van der Waals surface area contributed by atoms with Gasteiger partial charge in [0.25, 0.3) is 5.91 Å². The molecule has 4 aromatic rings. The molecule has 0 aliphatic rings. The molecule has 6 nitrogen and oxygen atoms in total. The SMILES string of the molecule is Cc1nn(Cc2ccccc2)c(C)c1C(=O)N[C@@H](C)c1ccc(-n2ccnc2)cc1. The van der Waals surface area contributed by atoms with E-state index in [9.17, 15) is 4.79 Å². The Balaban J connectivity index is 1.48. The van der Waals surface area contributed by atoms with Gasteiger partial charge in [0.05, 0.1) is 30.2 Å². The molecule has 0 saturated carbocycles. The van der Waals surface area contributed by atoms with Gasteiger partial charge in [-0.1, -0.05) is 42.5 Å². The van der Waals surface area contributed by atoms with Crippen molar-refractivity contribution in [1.29, 1.82) is 0 Å². The number of nitrogens with zero attached hydrogens (tertiary/aromatic N) is 4. The number of nitrogens with one attached hydrogen (secondary N) is 1. The first-order valence-corrected chi connectivity index (χ1v) is 10.00. The van der Waals surface area contributed by atoms with Gasteiger partial charge in [0.2, 0.25) is 0 Å². The second kappa shape index (κ2) is 8.37. The van der Waals surface area contributed by atoms with E-state index in [0.717, 1.165) is 28.2 Å². The van der Waals surface area contributed by atoms with E-state index in [4.69, 9.17) is 0 Å². The quantitative estimate of drug-likeness (QED) is 0.528. The first-order valence-electron chi connectivity index (χ1n) is 10.00. The van der Waals surface area contributed by atoms with E-state index in [1.807, 2.05) is 78.7 Å². The molecule has 0 unspecified atom stereocenters. The van der Waals surface area contributed by atoms with E-state index in [-0.39, 0.29) is 11.9 Å². The zero-order valence-corrected chi connectivity index (χ0v) is 17.4. The summed E-state index contributed by atoms with van der Waals surface area (Å²) >= 11 is 0. The van der Waals surface area contributed by atoms with Crippen LogP contribution in [0.2, 0.25) is 0 Å². The summed E-state index contributed by atoms with van der Waals surface area (Å²) in [6.45, 7) is 6.46. The highest BCUT2D eigenvalue weighted by atomic mass is 16.1. The van der Waals surface area contributed by atoms with Crippen LogP contribution in [-0.2, 0) is 6.54 Å². The Kier molecular flexibility index (Phi) is 5.48. The highest BCUT2D eigenvalue weighted by Crippen LogP contribution is 2.19. The minimum atomic E-state index is -0.120. The van der Waals surface area contributed by atoms with Crippen LogP contribution < -0.4 is 5.32 Å². The normalized spacial score (nSPS) is 12.0. The summed E-state index contributed by atoms with van der Waals surface area (Å²) in [5, 5.41) is 7.71. The first-order chi connectivity index (χ1) is 14.5. The maximum atomic E-state index is 13.0. The smallest absolute Gasteiger partial charge is 0.255 e. The van der Waals surface area contributed by atoms with Crippen LogP contribution in [-0.4, -0.2) is 25.2 Å². The van der Waals surface area contributed by atoms with Gasteiger partial charge in [-0.3, -0.25) is 9.48 Å². The first kappa shape index (κ1) is 19.6. The molecule has 2 heterocycles. The number of carbonyl (C=O) groups is 1. The molecule has 152 valence electrons. The number of hydrogen-bond acceptors (Lipinski definition) is 3. The molecule has 1 N–H and O–H groups in total. The van der Waals surface area contributed by atoms with E-state index < -0.39 is 0 Å². The highest BCUT2D eigenvalue weighted by Gasteiger charge is 2.20. The molecular weight excluding hydrogens is 374 g/mol. The monoisotopic (exact) mass is 399 g/mol. The Labute approximate surface area is 176 Å². The van der Waals surface area contributed by atoms with Crippen LogP contribution in [0.25, 0.3) is 5.69 Å². The number of hydrogen-bond donors (Lipinski definition) is 1. The third-order valence-electron chi connectivity index (χ3n) is 5.33. The van der Waals surface area contributed by atoms with Crippen LogP contribution in [0.5, 0.6) is 0 Å². The predicted octanol–water partition coefficient (Wildman–Crippen LogP) is 4.22. The Morgan fingerprint density at radius 3 is 2.47 bits per heavy atom. The van der Waals surface area contributed by atoms with Crippen molar-refractivity contribution in [2.75, 3.05) is 0 Å². The second-order valence-corrected chi connectivity index (χ2v) is 7.45. The molecule has 0 spiro atoms. The van der Waals surface area contributed by atoms with Crippen LogP contribution >= 0.6 is 0 Å². The summed E-state index contributed by atoms with van der Waals surface area (Å²) in [5.74, 6) is -0.101. The Bertz CT molecular complexity index is 1130. The molecule has 0 fully saturated rings. The van der Waals surface area contributed by atoms with Crippen LogP contribution in [0.3, 0.4) is 0 Å². The number of carbonyl (C=O) groups excluding carboxylic acids is 1. The van der Waals surface area contributed by atoms with Gasteiger partial charge in [0.1, 0.15) is 0 Å². The minimum absolute atomic E-state index is 0.101. The van der Waals surface area contributed by atoms with E-state index in [1.165, 1.54) is 0 Å². The number of aryl methyl sites for hydroxylation is 1. The standard InChI is InChI=1S/C24H25N5O/c1-17(21-9-11-22(12-10-21)28-14-13-25-16-28)26-24(30)23-18(2)27-29(19(23)3)15-20-7-5-4-6-8-20/h4-14,16-17H,15H2,1-3H3,(H,26,30)/t17-/m0/s1. The van der Waals surface area contributed by atoms with Crippen molar-refractivity contribution in [3.05, 3.63) is 101 Å². The second-order valence-electron chi connectivity index (χ2n) is 7.45. The Hall–Kier alpha value is -3.67. The van der Waals surface area contributed by atoms with E-state index >= 15 is 0 Å². The topological polar surface area (TPSA) is 64.7 Å². The zero-order chi connectivity index (χ0) is 21.1. The van der Waals surface area contributed by atoms with Crippen molar-refractivity contribution >= 4 is 5.91 Å². The maximum absolute atomic E-state index is 13.0. The van der Waals surface area contributed by atoms with Gasteiger partial charge in [-0.15, -0.1) is 0 Å². The zero-order valence-electron chi connectivity index (χ0n) is 17.4. The van der Waals surface area contributed by atoms with Crippen molar-refractivity contribution < 1.29 is 4.79 Å². The van der Waals surface area contributed by atoms with Crippen LogP contribution in [0.4, 0.5) is 0 Å². The number of imidazole rings is 1. The largest absolute Gasteiger partial charge is 0.345 e. The highest BCUT2D eigenvalue weighted by molar-refractivity contribution is 5.96. The van der Waals surface area contributed by atoms with Gasteiger partial charge < -0.3 is 9.88 Å². The lowest BCUT2D eigenvalue weighted by atomic mass is 10.1. The average Bonchev–Trinajstić information content (AvgIpc) is 3.37. The lowest BCUT2D eigenvalue weighted by molar-refractivity contribution is 0.0938. The van der Waals surface area contributed by atoms with E-state index in [1.54, 1.807) is 12.5 Å². The molecule has 0 bridgehead atoms. The lowest BCUT2D eigenvalue weighted by Crippen LogP contribution is -2.27. The van der Waals surface area contributed by atoms with E-state index in [2.05, 4.69) is 27.5 Å². The minimum Gasteiger partial charge on any atom is -0.345 e. The molecule has 2 aromatic carbocycles. The van der Waals surface area contributed by atoms with Gasteiger partial charge in [0.15, 0.2) is 0 Å². The van der Waals surface area contributed by atoms with Gasteiger partial charge in [-0.25, -0.2) is 4.98 Å². The van der Waals surface area contributed by atoms with Gasteiger partial charge in [-0.2, -0.15) is 5.10 Å². The molecule has 0 aliphatic heterocycles. The molecule has 2 aromatic heterocycles. The Morgan fingerprint density at radius 2 is 1.80 bits per heavy atom. The fourth-order valence-corrected chi connectivity index (χ4v) is 3.63. The fraction of sp³-hybridized carbons (Fsp3) is 0.208. The van der Waals surface area contributed by atoms with Crippen molar-refractivity contribution in [1.82, 2.24) is 24.6 Å². The summed E-state index contributed by atoms with van der Waals surface area (Å²) in [5.41, 5.74) is 5.48. The summed E-state index contributed by atoms with van der Waals surface area (Å²) < 4.78 is 3.84. The van der Waals surface area contributed by atoms with Gasteiger partial charge in [0, 0.05) is 23.8 Å². The van der Waals surface area contributed by atoms with Crippen molar-refractivity contribution in [3.63, 3.8) is 0 Å². The molecule has 0 radical (unpaired) electrons. The van der Waals surface area contributed by atoms with Crippen molar-refractivity contribution in [3.8, 4) is 5.69 Å². The molecular formula is C24H25N5O. The fourth-order valence-electron chi connectivity index (χ4n) is 3.63. The maximum Gasteiger partial charge on any atom is 0.255 e. The molecule has 0 aliphatic carbocycles. The number of benzene rings is 2.